The van der Waals surface area contributed by atoms with E-state index in [1.54, 1.807) is 0 Å². The van der Waals surface area contributed by atoms with Crippen molar-refractivity contribution in [3.8, 4) is 0 Å². The Morgan fingerprint density at radius 2 is 1.63 bits per heavy atom. The SMILES string of the molecule is CC(C)CCN(CCC(C)C)c1ccc(CBr)cn1. The van der Waals surface area contributed by atoms with Crippen molar-refractivity contribution in [1.29, 1.82) is 0 Å². The van der Waals surface area contributed by atoms with Gasteiger partial charge < -0.3 is 4.90 Å². The number of halogens is 1. The largest absolute Gasteiger partial charge is 0.357 e. The average molecular weight is 327 g/mol. The molecule has 0 atom stereocenters. The lowest BCUT2D eigenvalue weighted by Gasteiger charge is -2.25. The van der Waals surface area contributed by atoms with Gasteiger partial charge in [0, 0.05) is 24.6 Å². The third-order valence-corrected chi connectivity index (χ3v) is 3.89. The second-order valence-electron chi connectivity index (χ2n) is 6.01. The van der Waals surface area contributed by atoms with Crippen LogP contribution in [0.1, 0.15) is 46.1 Å². The van der Waals surface area contributed by atoms with Crippen LogP contribution in [0.4, 0.5) is 5.82 Å². The van der Waals surface area contributed by atoms with Gasteiger partial charge in [-0.05, 0) is 36.3 Å². The molecule has 3 heteroatoms. The Hall–Kier alpha value is -0.570. The maximum Gasteiger partial charge on any atom is 0.128 e. The highest BCUT2D eigenvalue weighted by Gasteiger charge is 2.09. The zero-order chi connectivity index (χ0) is 14.3. The van der Waals surface area contributed by atoms with Crippen molar-refractivity contribution in [2.75, 3.05) is 18.0 Å². The molecular formula is C16H27BrN2. The van der Waals surface area contributed by atoms with Crippen LogP contribution in [0.25, 0.3) is 0 Å². The zero-order valence-corrected chi connectivity index (χ0v) is 14.3. The number of nitrogens with zero attached hydrogens (tertiary/aromatic N) is 2. The highest BCUT2D eigenvalue weighted by molar-refractivity contribution is 9.08. The number of aromatic nitrogens is 1. The lowest BCUT2D eigenvalue weighted by atomic mass is 10.1. The molecular weight excluding hydrogens is 300 g/mol. The molecule has 0 spiro atoms. The zero-order valence-electron chi connectivity index (χ0n) is 12.7. The fourth-order valence-electron chi connectivity index (χ4n) is 1.85. The minimum Gasteiger partial charge on any atom is -0.357 e. The summed E-state index contributed by atoms with van der Waals surface area (Å²) in [6.07, 6.45) is 4.42. The molecule has 2 nitrogen and oxygen atoms in total. The first-order valence-electron chi connectivity index (χ1n) is 7.28. The monoisotopic (exact) mass is 326 g/mol. The Bertz CT molecular complexity index is 334. The standard InChI is InChI=1S/C16H27BrN2/c1-13(2)7-9-19(10-8-14(3)4)16-6-5-15(11-17)12-18-16/h5-6,12-14H,7-11H2,1-4H3. The minimum atomic E-state index is 0.739. The lowest BCUT2D eigenvalue weighted by Crippen LogP contribution is -2.28. The Kier molecular flexibility index (Phi) is 7.44. The summed E-state index contributed by atoms with van der Waals surface area (Å²) in [5.74, 6) is 2.60. The van der Waals surface area contributed by atoms with Crippen LogP contribution >= 0.6 is 15.9 Å². The molecule has 0 unspecified atom stereocenters. The van der Waals surface area contributed by atoms with E-state index in [-0.39, 0.29) is 0 Å². The highest BCUT2D eigenvalue weighted by Crippen LogP contribution is 2.16. The maximum absolute atomic E-state index is 4.60. The van der Waals surface area contributed by atoms with Crippen molar-refractivity contribution in [3.05, 3.63) is 23.9 Å². The number of anilines is 1. The van der Waals surface area contributed by atoms with Gasteiger partial charge in [-0.15, -0.1) is 0 Å². The Balaban J connectivity index is 2.69. The first kappa shape index (κ1) is 16.5. The summed E-state index contributed by atoms with van der Waals surface area (Å²) >= 11 is 3.47. The fraction of sp³-hybridized carbons (Fsp3) is 0.688. The molecule has 0 aromatic carbocycles. The number of alkyl halides is 1. The summed E-state index contributed by atoms with van der Waals surface area (Å²) in [6, 6.07) is 4.31. The minimum absolute atomic E-state index is 0.739. The topological polar surface area (TPSA) is 16.1 Å². The van der Waals surface area contributed by atoms with Crippen molar-refractivity contribution in [1.82, 2.24) is 4.98 Å². The molecule has 0 amide bonds. The maximum atomic E-state index is 4.60. The second kappa shape index (κ2) is 8.57. The van der Waals surface area contributed by atoms with Gasteiger partial charge in [-0.1, -0.05) is 49.7 Å². The molecule has 1 heterocycles. The van der Waals surface area contributed by atoms with Gasteiger partial charge in [-0.25, -0.2) is 4.98 Å². The molecule has 0 N–H and O–H groups in total. The number of pyridine rings is 1. The van der Waals surface area contributed by atoms with Gasteiger partial charge in [0.2, 0.25) is 0 Å². The van der Waals surface area contributed by atoms with Crippen LogP contribution in [-0.4, -0.2) is 18.1 Å². The predicted octanol–water partition coefficient (Wildman–Crippen LogP) is 4.88. The molecule has 0 saturated carbocycles. The van der Waals surface area contributed by atoms with Crippen LogP contribution in [0.5, 0.6) is 0 Å². The molecule has 19 heavy (non-hydrogen) atoms. The van der Waals surface area contributed by atoms with E-state index in [0.29, 0.717) is 0 Å². The molecule has 0 aliphatic rings. The average Bonchev–Trinajstić information content (AvgIpc) is 2.38. The van der Waals surface area contributed by atoms with Gasteiger partial charge in [0.1, 0.15) is 5.82 Å². The van der Waals surface area contributed by atoms with Crippen LogP contribution < -0.4 is 4.90 Å². The summed E-state index contributed by atoms with van der Waals surface area (Å²) in [7, 11) is 0. The first-order valence-corrected chi connectivity index (χ1v) is 8.41. The van der Waals surface area contributed by atoms with E-state index in [1.165, 1.54) is 18.4 Å². The Labute approximate surface area is 126 Å². The second-order valence-corrected chi connectivity index (χ2v) is 6.57. The molecule has 0 radical (unpaired) electrons. The molecule has 0 aliphatic heterocycles. The van der Waals surface area contributed by atoms with Crippen molar-refractivity contribution in [3.63, 3.8) is 0 Å². The Morgan fingerprint density at radius 1 is 1.05 bits per heavy atom. The summed E-state index contributed by atoms with van der Waals surface area (Å²) in [5.41, 5.74) is 1.23. The molecule has 0 saturated heterocycles. The van der Waals surface area contributed by atoms with E-state index >= 15 is 0 Å². The molecule has 1 aromatic heterocycles. The van der Waals surface area contributed by atoms with E-state index < -0.39 is 0 Å². The summed E-state index contributed by atoms with van der Waals surface area (Å²) in [6.45, 7) is 11.3. The van der Waals surface area contributed by atoms with Crippen molar-refractivity contribution >= 4 is 21.7 Å². The van der Waals surface area contributed by atoms with E-state index in [4.69, 9.17) is 0 Å². The molecule has 1 aromatic rings. The summed E-state index contributed by atoms with van der Waals surface area (Å²) < 4.78 is 0. The fourth-order valence-corrected chi connectivity index (χ4v) is 2.18. The van der Waals surface area contributed by atoms with E-state index in [0.717, 1.165) is 36.1 Å². The van der Waals surface area contributed by atoms with Gasteiger partial charge in [0.15, 0.2) is 0 Å². The van der Waals surface area contributed by atoms with Crippen LogP contribution in [0.3, 0.4) is 0 Å². The number of hydrogen-bond donors (Lipinski definition) is 0. The number of hydrogen-bond acceptors (Lipinski definition) is 2. The normalized spacial score (nSPS) is 11.3. The van der Waals surface area contributed by atoms with Crippen molar-refractivity contribution < 1.29 is 0 Å². The highest BCUT2D eigenvalue weighted by atomic mass is 79.9. The third kappa shape index (κ3) is 6.42. The van der Waals surface area contributed by atoms with Gasteiger partial charge >= 0.3 is 0 Å². The summed E-state index contributed by atoms with van der Waals surface area (Å²) in [4.78, 5) is 7.03. The van der Waals surface area contributed by atoms with Crippen LogP contribution in [0, 0.1) is 11.8 Å². The quantitative estimate of drug-likeness (QED) is 0.633. The van der Waals surface area contributed by atoms with Crippen LogP contribution in [-0.2, 0) is 5.33 Å². The van der Waals surface area contributed by atoms with E-state index in [1.807, 2.05) is 6.20 Å². The van der Waals surface area contributed by atoms with E-state index in [9.17, 15) is 0 Å². The first-order chi connectivity index (χ1) is 9.02. The predicted molar refractivity (Wildman–Crippen MR) is 88.0 cm³/mol. The van der Waals surface area contributed by atoms with Gasteiger partial charge in [0.05, 0.1) is 0 Å². The molecule has 0 bridgehead atoms. The smallest absolute Gasteiger partial charge is 0.128 e. The molecule has 108 valence electrons. The Morgan fingerprint density at radius 3 is 2.00 bits per heavy atom. The van der Waals surface area contributed by atoms with Crippen LogP contribution in [0.15, 0.2) is 18.3 Å². The van der Waals surface area contributed by atoms with Crippen molar-refractivity contribution in [2.24, 2.45) is 11.8 Å². The van der Waals surface area contributed by atoms with Crippen molar-refractivity contribution in [2.45, 2.75) is 45.9 Å². The van der Waals surface area contributed by atoms with E-state index in [2.05, 4.69) is 65.6 Å². The number of rotatable bonds is 8. The lowest BCUT2D eigenvalue weighted by molar-refractivity contribution is 0.533. The molecule has 0 aliphatic carbocycles. The third-order valence-electron chi connectivity index (χ3n) is 3.24. The van der Waals surface area contributed by atoms with Gasteiger partial charge in [0.25, 0.3) is 0 Å². The van der Waals surface area contributed by atoms with Crippen LogP contribution in [0.2, 0.25) is 0 Å². The molecule has 0 fully saturated rings. The molecule has 1 rings (SSSR count). The van der Waals surface area contributed by atoms with Gasteiger partial charge in [-0.2, -0.15) is 0 Å². The van der Waals surface area contributed by atoms with Gasteiger partial charge in [-0.3, -0.25) is 0 Å². The summed E-state index contributed by atoms with van der Waals surface area (Å²) in [5, 5.41) is 0.873.